The van der Waals surface area contributed by atoms with Gasteiger partial charge in [0.1, 0.15) is 0 Å². The normalized spacial score (nSPS) is 18.9. The first-order valence-corrected chi connectivity index (χ1v) is 4.80. The third-order valence-electron chi connectivity index (χ3n) is 2.42. The van der Waals surface area contributed by atoms with E-state index in [1.54, 1.807) is 4.90 Å². The Morgan fingerprint density at radius 3 is 2.40 bits per heavy atom. The fourth-order valence-corrected chi connectivity index (χ4v) is 1.44. The summed E-state index contributed by atoms with van der Waals surface area (Å²) in [7, 11) is 0. The van der Waals surface area contributed by atoms with E-state index in [9.17, 15) is 13.2 Å². The van der Waals surface area contributed by atoms with Crippen LogP contribution in [0, 0.1) is 17.2 Å². The molecule has 15 heavy (non-hydrogen) atoms. The number of nitrogens with zero attached hydrogens (tertiary/aromatic N) is 2. The minimum atomic E-state index is -4.47. The molecule has 0 amide bonds. The van der Waals surface area contributed by atoms with E-state index in [2.05, 4.69) is 0 Å². The molecule has 1 atom stereocenters. The van der Waals surface area contributed by atoms with Gasteiger partial charge in [-0.3, -0.25) is 4.90 Å². The van der Waals surface area contributed by atoms with Crippen molar-refractivity contribution in [3.05, 3.63) is 0 Å². The molecule has 0 spiro atoms. The van der Waals surface area contributed by atoms with Crippen LogP contribution in [-0.2, 0) is 0 Å². The average molecular weight is 222 g/mol. The fourth-order valence-electron chi connectivity index (χ4n) is 1.44. The molecule has 0 aromatic heterocycles. The molecule has 0 saturated heterocycles. The van der Waals surface area contributed by atoms with E-state index in [1.807, 2.05) is 0 Å². The lowest BCUT2D eigenvalue weighted by Gasteiger charge is -2.24. The van der Waals surface area contributed by atoms with Crippen LogP contribution in [0.1, 0.15) is 12.8 Å². The van der Waals surface area contributed by atoms with Gasteiger partial charge < -0.3 is 5.11 Å². The molecule has 86 valence electrons. The topological polar surface area (TPSA) is 47.3 Å². The van der Waals surface area contributed by atoms with Crippen LogP contribution in [0.4, 0.5) is 13.2 Å². The zero-order valence-electron chi connectivity index (χ0n) is 8.17. The number of hydrogen-bond donors (Lipinski definition) is 1. The van der Waals surface area contributed by atoms with Crippen molar-refractivity contribution in [1.29, 1.82) is 5.26 Å². The maximum absolute atomic E-state index is 12.3. The number of aliphatic hydroxyl groups is 1. The second-order valence-electron chi connectivity index (χ2n) is 3.67. The highest BCUT2D eigenvalue weighted by Gasteiger charge is 2.42. The second kappa shape index (κ2) is 4.81. The molecule has 3 nitrogen and oxygen atoms in total. The minimum absolute atomic E-state index is 0.121. The summed E-state index contributed by atoms with van der Waals surface area (Å²) >= 11 is 0. The Labute approximate surface area is 86.1 Å². The van der Waals surface area contributed by atoms with Gasteiger partial charge in [-0.1, -0.05) is 0 Å². The highest BCUT2D eigenvalue weighted by atomic mass is 19.4. The molecule has 1 N–H and O–H groups in total. The Balaban J connectivity index is 2.52. The Morgan fingerprint density at radius 1 is 1.47 bits per heavy atom. The summed E-state index contributed by atoms with van der Waals surface area (Å²) in [5.41, 5.74) is 0. The zero-order valence-corrected chi connectivity index (χ0v) is 8.17. The van der Waals surface area contributed by atoms with E-state index in [0.29, 0.717) is 0 Å². The lowest BCUT2D eigenvalue weighted by atomic mass is 10.1. The smallest absolute Gasteiger partial charge is 0.395 e. The Bertz CT molecular complexity index is 245. The second-order valence-corrected chi connectivity index (χ2v) is 3.67. The van der Waals surface area contributed by atoms with Gasteiger partial charge in [0.15, 0.2) is 5.92 Å². The molecule has 1 aliphatic carbocycles. The van der Waals surface area contributed by atoms with Crippen LogP contribution in [0.25, 0.3) is 0 Å². The standard InChI is InChI=1S/C9H13F3N2O/c10-9(11,12)7(5-13)6-14(3-4-15)8-1-2-8/h7-8,15H,1-4,6H2. The SMILES string of the molecule is N#CC(CN(CCO)C1CC1)C(F)(F)F. The van der Waals surface area contributed by atoms with E-state index >= 15 is 0 Å². The average Bonchev–Trinajstić information content (AvgIpc) is 2.93. The predicted octanol–water partition coefficient (Wildman–Crippen LogP) is 1.15. The van der Waals surface area contributed by atoms with E-state index in [-0.39, 0.29) is 25.7 Å². The van der Waals surface area contributed by atoms with Crippen LogP contribution >= 0.6 is 0 Å². The van der Waals surface area contributed by atoms with Crippen molar-refractivity contribution in [1.82, 2.24) is 4.90 Å². The Hall–Kier alpha value is -0.800. The van der Waals surface area contributed by atoms with Gasteiger partial charge in [-0.05, 0) is 12.8 Å². The highest BCUT2D eigenvalue weighted by molar-refractivity contribution is 4.94. The van der Waals surface area contributed by atoms with Crippen molar-refractivity contribution < 1.29 is 18.3 Å². The molecule has 0 heterocycles. The summed E-state index contributed by atoms with van der Waals surface area (Å²) in [6.07, 6.45) is -2.76. The third kappa shape index (κ3) is 3.68. The number of halogens is 3. The van der Waals surface area contributed by atoms with Gasteiger partial charge in [0, 0.05) is 19.1 Å². The quantitative estimate of drug-likeness (QED) is 0.759. The molecule has 1 saturated carbocycles. The van der Waals surface area contributed by atoms with Crippen molar-refractivity contribution in [2.45, 2.75) is 25.1 Å². The van der Waals surface area contributed by atoms with E-state index in [0.717, 1.165) is 12.8 Å². The molecule has 6 heteroatoms. The van der Waals surface area contributed by atoms with Crippen LogP contribution in [0.3, 0.4) is 0 Å². The predicted molar refractivity (Wildman–Crippen MR) is 46.8 cm³/mol. The van der Waals surface area contributed by atoms with Crippen LogP contribution in [-0.4, -0.2) is 41.9 Å². The lowest BCUT2D eigenvalue weighted by molar-refractivity contribution is -0.163. The van der Waals surface area contributed by atoms with Gasteiger partial charge in [0.05, 0.1) is 12.7 Å². The molecule has 0 radical (unpaired) electrons. The molecule has 0 aromatic rings. The van der Waals surface area contributed by atoms with E-state index < -0.39 is 12.1 Å². The summed E-state index contributed by atoms with van der Waals surface area (Å²) in [5.74, 6) is -1.95. The summed E-state index contributed by atoms with van der Waals surface area (Å²) in [5, 5.41) is 17.1. The molecule has 0 aliphatic heterocycles. The summed E-state index contributed by atoms with van der Waals surface area (Å²) in [4.78, 5) is 1.54. The highest BCUT2D eigenvalue weighted by Crippen LogP contribution is 2.31. The molecule has 1 rings (SSSR count). The van der Waals surface area contributed by atoms with Crippen molar-refractivity contribution in [3.8, 4) is 6.07 Å². The molecule has 0 aromatic carbocycles. The number of alkyl halides is 3. The zero-order chi connectivity index (χ0) is 11.5. The van der Waals surface area contributed by atoms with Crippen molar-refractivity contribution in [2.24, 2.45) is 5.92 Å². The molecule has 1 fully saturated rings. The number of rotatable bonds is 5. The fraction of sp³-hybridized carbons (Fsp3) is 0.889. The van der Waals surface area contributed by atoms with Gasteiger partial charge in [-0.15, -0.1) is 0 Å². The lowest BCUT2D eigenvalue weighted by Crippen LogP contribution is -2.38. The summed E-state index contributed by atoms with van der Waals surface area (Å²) in [6.45, 7) is -0.295. The first-order valence-electron chi connectivity index (χ1n) is 4.80. The van der Waals surface area contributed by atoms with Crippen molar-refractivity contribution in [2.75, 3.05) is 19.7 Å². The number of nitriles is 1. The number of hydrogen-bond acceptors (Lipinski definition) is 3. The third-order valence-corrected chi connectivity index (χ3v) is 2.42. The summed E-state index contributed by atoms with van der Waals surface area (Å²) < 4.78 is 36.9. The molecule has 1 aliphatic rings. The van der Waals surface area contributed by atoms with E-state index in [4.69, 9.17) is 10.4 Å². The number of aliphatic hydroxyl groups excluding tert-OH is 1. The van der Waals surface area contributed by atoms with Gasteiger partial charge in [0.2, 0.25) is 0 Å². The molecular weight excluding hydrogens is 209 g/mol. The van der Waals surface area contributed by atoms with Crippen LogP contribution in [0.2, 0.25) is 0 Å². The summed E-state index contributed by atoms with van der Waals surface area (Å²) in [6, 6.07) is 1.39. The maximum atomic E-state index is 12.3. The van der Waals surface area contributed by atoms with Crippen LogP contribution in [0.15, 0.2) is 0 Å². The van der Waals surface area contributed by atoms with Gasteiger partial charge in [0.25, 0.3) is 0 Å². The van der Waals surface area contributed by atoms with E-state index in [1.165, 1.54) is 6.07 Å². The largest absolute Gasteiger partial charge is 0.405 e. The van der Waals surface area contributed by atoms with Crippen molar-refractivity contribution in [3.63, 3.8) is 0 Å². The Kier molecular flexibility index (Phi) is 3.94. The minimum Gasteiger partial charge on any atom is -0.395 e. The Morgan fingerprint density at radius 2 is 2.07 bits per heavy atom. The van der Waals surface area contributed by atoms with Gasteiger partial charge in [-0.2, -0.15) is 18.4 Å². The van der Waals surface area contributed by atoms with Gasteiger partial charge >= 0.3 is 6.18 Å². The van der Waals surface area contributed by atoms with Crippen LogP contribution in [0.5, 0.6) is 0 Å². The monoisotopic (exact) mass is 222 g/mol. The first kappa shape index (κ1) is 12.3. The van der Waals surface area contributed by atoms with Crippen molar-refractivity contribution >= 4 is 0 Å². The van der Waals surface area contributed by atoms with Gasteiger partial charge in [-0.25, -0.2) is 0 Å². The molecular formula is C9H13F3N2O. The van der Waals surface area contributed by atoms with Crippen LogP contribution < -0.4 is 0 Å². The first-order chi connectivity index (χ1) is 6.99. The molecule has 1 unspecified atom stereocenters. The molecule has 0 bridgehead atoms. The maximum Gasteiger partial charge on any atom is 0.405 e.